The molecule has 1 amide bonds. The van der Waals surface area contributed by atoms with Crippen LogP contribution in [0, 0.1) is 19.8 Å². The predicted octanol–water partition coefficient (Wildman–Crippen LogP) is 4.20. The smallest absolute Gasteiger partial charge is 0.241 e. The Hall–Kier alpha value is -2.99. The van der Waals surface area contributed by atoms with Crippen molar-refractivity contribution in [2.24, 2.45) is 5.92 Å². The van der Waals surface area contributed by atoms with Crippen molar-refractivity contribution in [1.82, 2.24) is 15.0 Å². The van der Waals surface area contributed by atoms with E-state index in [2.05, 4.69) is 20.4 Å². The fourth-order valence-electron chi connectivity index (χ4n) is 3.86. The number of hydrogen-bond acceptors (Lipinski definition) is 5. The highest BCUT2D eigenvalue weighted by molar-refractivity contribution is 5.94. The van der Waals surface area contributed by atoms with Crippen molar-refractivity contribution in [3.63, 3.8) is 0 Å². The third-order valence-electron chi connectivity index (χ3n) is 5.46. The van der Waals surface area contributed by atoms with Gasteiger partial charge in [0.2, 0.25) is 17.6 Å². The van der Waals surface area contributed by atoms with Gasteiger partial charge in [0.15, 0.2) is 0 Å². The van der Waals surface area contributed by atoms with E-state index < -0.39 is 0 Å². The van der Waals surface area contributed by atoms with Gasteiger partial charge < -0.3 is 9.84 Å². The minimum atomic E-state index is -0.0423. The molecule has 150 valence electrons. The molecule has 1 saturated heterocycles. The Bertz CT molecular complexity index is 963. The van der Waals surface area contributed by atoms with Crippen molar-refractivity contribution < 1.29 is 9.32 Å². The number of nitrogens with zero attached hydrogens (tertiary/aromatic N) is 3. The van der Waals surface area contributed by atoms with E-state index in [0.717, 1.165) is 41.8 Å². The molecular weight excluding hydrogens is 364 g/mol. The molecule has 1 aliphatic heterocycles. The van der Waals surface area contributed by atoms with E-state index in [4.69, 9.17) is 4.52 Å². The van der Waals surface area contributed by atoms with E-state index in [-0.39, 0.29) is 11.8 Å². The van der Waals surface area contributed by atoms with Crippen LogP contribution in [0.4, 0.5) is 5.69 Å². The summed E-state index contributed by atoms with van der Waals surface area (Å²) in [6, 6.07) is 15.8. The van der Waals surface area contributed by atoms with Gasteiger partial charge in [0.25, 0.3) is 0 Å². The summed E-state index contributed by atoms with van der Waals surface area (Å²) in [4.78, 5) is 19.6. The number of rotatable bonds is 5. The summed E-state index contributed by atoms with van der Waals surface area (Å²) in [6.45, 7) is 6.23. The molecule has 2 heterocycles. The van der Waals surface area contributed by atoms with Crippen LogP contribution in [-0.4, -0.2) is 34.0 Å². The van der Waals surface area contributed by atoms with Gasteiger partial charge in [0, 0.05) is 17.8 Å². The molecule has 4 rings (SSSR count). The standard InChI is InChI=1S/C23H26N4O2/c1-16-8-6-9-17(2)21(16)25-23(28)19-12-7-13-27(14-19)15-20-24-22(26-29-20)18-10-4-3-5-11-18/h3-6,8-11,19H,7,12-15H2,1-2H3,(H,25,28). The molecule has 1 unspecified atom stereocenters. The maximum atomic E-state index is 12.9. The fourth-order valence-corrected chi connectivity index (χ4v) is 3.86. The van der Waals surface area contributed by atoms with Crippen molar-refractivity contribution >= 4 is 11.6 Å². The van der Waals surface area contributed by atoms with Crippen LogP contribution in [0.5, 0.6) is 0 Å². The van der Waals surface area contributed by atoms with E-state index in [1.807, 2.05) is 62.4 Å². The van der Waals surface area contributed by atoms with Crippen LogP contribution in [0.2, 0.25) is 0 Å². The molecule has 29 heavy (non-hydrogen) atoms. The Balaban J connectivity index is 1.38. The average Bonchev–Trinajstić information content (AvgIpc) is 3.20. The fraction of sp³-hybridized carbons (Fsp3) is 0.348. The number of amides is 1. The van der Waals surface area contributed by atoms with E-state index in [0.29, 0.717) is 24.8 Å². The molecule has 1 aromatic heterocycles. The number of anilines is 1. The molecule has 0 spiro atoms. The average molecular weight is 390 g/mol. The highest BCUT2D eigenvalue weighted by Crippen LogP contribution is 2.24. The number of aryl methyl sites for hydroxylation is 2. The molecule has 1 aliphatic rings. The van der Waals surface area contributed by atoms with Gasteiger partial charge in [-0.3, -0.25) is 9.69 Å². The van der Waals surface area contributed by atoms with Gasteiger partial charge in [0.05, 0.1) is 12.5 Å². The SMILES string of the molecule is Cc1cccc(C)c1NC(=O)C1CCCN(Cc2nc(-c3ccccc3)no2)C1. The molecule has 0 saturated carbocycles. The first-order valence-electron chi connectivity index (χ1n) is 10.1. The quantitative estimate of drug-likeness (QED) is 0.707. The summed E-state index contributed by atoms with van der Waals surface area (Å²) in [7, 11) is 0. The molecule has 1 fully saturated rings. The van der Waals surface area contributed by atoms with E-state index >= 15 is 0 Å². The molecule has 1 N–H and O–H groups in total. The Kier molecular flexibility index (Phi) is 5.71. The highest BCUT2D eigenvalue weighted by atomic mass is 16.5. The Morgan fingerprint density at radius 2 is 1.90 bits per heavy atom. The molecule has 0 aliphatic carbocycles. The minimum Gasteiger partial charge on any atom is -0.338 e. The van der Waals surface area contributed by atoms with E-state index in [1.54, 1.807) is 0 Å². The number of piperidine rings is 1. The first-order valence-corrected chi connectivity index (χ1v) is 10.1. The second kappa shape index (κ2) is 8.57. The number of hydrogen-bond donors (Lipinski definition) is 1. The lowest BCUT2D eigenvalue weighted by Crippen LogP contribution is -2.40. The van der Waals surface area contributed by atoms with Crippen LogP contribution in [0.1, 0.15) is 29.9 Å². The maximum Gasteiger partial charge on any atom is 0.241 e. The van der Waals surface area contributed by atoms with Gasteiger partial charge in [-0.1, -0.05) is 53.7 Å². The molecule has 3 aromatic rings. The number of likely N-dealkylation sites (tertiary alicyclic amines) is 1. The van der Waals surface area contributed by atoms with Crippen molar-refractivity contribution in [3.8, 4) is 11.4 Å². The predicted molar refractivity (Wildman–Crippen MR) is 112 cm³/mol. The summed E-state index contributed by atoms with van der Waals surface area (Å²) >= 11 is 0. The van der Waals surface area contributed by atoms with Gasteiger partial charge in [-0.15, -0.1) is 0 Å². The van der Waals surface area contributed by atoms with Gasteiger partial charge >= 0.3 is 0 Å². The first-order chi connectivity index (χ1) is 14.1. The molecular formula is C23H26N4O2. The number of aromatic nitrogens is 2. The van der Waals surface area contributed by atoms with Gasteiger partial charge in [-0.25, -0.2) is 0 Å². The highest BCUT2D eigenvalue weighted by Gasteiger charge is 2.27. The Morgan fingerprint density at radius 1 is 1.14 bits per heavy atom. The summed E-state index contributed by atoms with van der Waals surface area (Å²) in [5.41, 5.74) is 4.04. The van der Waals surface area contributed by atoms with Crippen molar-refractivity contribution in [3.05, 3.63) is 65.5 Å². The molecule has 1 atom stereocenters. The van der Waals surface area contributed by atoms with Crippen LogP contribution < -0.4 is 5.32 Å². The summed E-state index contributed by atoms with van der Waals surface area (Å²) < 4.78 is 5.44. The zero-order chi connectivity index (χ0) is 20.2. The van der Waals surface area contributed by atoms with Crippen molar-refractivity contribution in [2.75, 3.05) is 18.4 Å². The molecule has 2 aromatic carbocycles. The molecule has 0 radical (unpaired) electrons. The molecule has 6 heteroatoms. The largest absolute Gasteiger partial charge is 0.338 e. The topological polar surface area (TPSA) is 71.3 Å². The number of nitrogens with one attached hydrogen (secondary N) is 1. The maximum absolute atomic E-state index is 12.9. The van der Waals surface area contributed by atoms with E-state index in [1.165, 1.54) is 0 Å². The molecule has 0 bridgehead atoms. The van der Waals surface area contributed by atoms with Crippen LogP contribution in [0.3, 0.4) is 0 Å². The lowest BCUT2D eigenvalue weighted by molar-refractivity contribution is -0.121. The minimum absolute atomic E-state index is 0.0423. The lowest BCUT2D eigenvalue weighted by Gasteiger charge is -2.31. The van der Waals surface area contributed by atoms with Crippen LogP contribution in [0.15, 0.2) is 53.1 Å². The third kappa shape index (κ3) is 4.54. The van der Waals surface area contributed by atoms with Crippen LogP contribution in [0.25, 0.3) is 11.4 Å². The number of carbonyl (C=O) groups is 1. The van der Waals surface area contributed by atoms with Crippen molar-refractivity contribution in [1.29, 1.82) is 0 Å². The van der Waals surface area contributed by atoms with Gasteiger partial charge in [0.1, 0.15) is 0 Å². The zero-order valence-corrected chi connectivity index (χ0v) is 16.9. The summed E-state index contributed by atoms with van der Waals surface area (Å²) in [5, 5.41) is 7.23. The van der Waals surface area contributed by atoms with E-state index in [9.17, 15) is 4.79 Å². The number of para-hydroxylation sites is 1. The first kappa shape index (κ1) is 19.3. The summed E-state index contributed by atoms with van der Waals surface area (Å²) in [5.74, 6) is 1.23. The van der Waals surface area contributed by atoms with Gasteiger partial charge in [-0.2, -0.15) is 4.98 Å². The van der Waals surface area contributed by atoms with Crippen LogP contribution in [-0.2, 0) is 11.3 Å². The zero-order valence-electron chi connectivity index (χ0n) is 16.9. The normalized spacial score (nSPS) is 17.2. The second-order valence-electron chi connectivity index (χ2n) is 7.71. The second-order valence-corrected chi connectivity index (χ2v) is 7.71. The third-order valence-corrected chi connectivity index (χ3v) is 5.46. The number of carbonyl (C=O) groups excluding carboxylic acids is 1. The number of benzene rings is 2. The Morgan fingerprint density at radius 3 is 2.66 bits per heavy atom. The van der Waals surface area contributed by atoms with Crippen LogP contribution >= 0.6 is 0 Å². The summed E-state index contributed by atoms with van der Waals surface area (Å²) in [6.07, 6.45) is 1.87. The van der Waals surface area contributed by atoms with Crippen molar-refractivity contribution in [2.45, 2.75) is 33.2 Å². The lowest BCUT2D eigenvalue weighted by atomic mass is 9.96. The monoisotopic (exact) mass is 390 g/mol. The Labute approximate surface area is 170 Å². The molecule has 6 nitrogen and oxygen atoms in total. The van der Waals surface area contributed by atoms with Gasteiger partial charge in [-0.05, 0) is 44.4 Å².